The first kappa shape index (κ1) is 14.8. The lowest BCUT2D eigenvalue weighted by atomic mass is 10.1. The van der Waals surface area contributed by atoms with E-state index in [0.29, 0.717) is 16.6 Å². The van der Waals surface area contributed by atoms with Crippen LogP contribution in [0.3, 0.4) is 0 Å². The molecule has 5 heteroatoms. The summed E-state index contributed by atoms with van der Waals surface area (Å²) in [6.07, 6.45) is 0. The summed E-state index contributed by atoms with van der Waals surface area (Å²) in [7, 11) is 0. The van der Waals surface area contributed by atoms with Crippen LogP contribution in [0.5, 0.6) is 0 Å². The number of nitrogens with two attached hydrogens (primary N) is 1. The second-order valence-corrected chi connectivity index (χ2v) is 5.12. The van der Waals surface area contributed by atoms with Gasteiger partial charge in [0.15, 0.2) is 0 Å². The summed E-state index contributed by atoms with van der Waals surface area (Å²) in [5, 5.41) is 0.598. The molecule has 0 aliphatic rings. The van der Waals surface area contributed by atoms with Gasteiger partial charge in [-0.3, -0.25) is 0 Å². The fourth-order valence-corrected chi connectivity index (χ4v) is 2.39. The lowest BCUT2D eigenvalue weighted by Crippen LogP contribution is -2.21. The molecule has 0 bridgehead atoms. The minimum atomic E-state index is -0.273. The van der Waals surface area contributed by atoms with Gasteiger partial charge in [-0.15, -0.1) is 0 Å². The third kappa shape index (κ3) is 3.08. The van der Waals surface area contributed by atoms with Crippen LogP contribution in [0.2, 0.25) is 5.02 Å². The highest BCUT2D eigenvalue weighted by molar-refractivity contribution is 7.80. The van der Waals surface area contributed by atoms with Crippen LogP contribution < -0.4 is 10.6 Å². The highest BCUT2D eigenvalue weighted by atomic mass is 35.5. The Kier molecular flexibility index (Phi) is 4.57. The average molecular weight is 309 g/mol. The van der Waals surface area contributed by atoms with Crippen LogP contribution in [0, 0.1) is 5.82 Å². The van der Waals surface area contributed by atoms with Crippen molar-refractivity contribution in [2.24, 2.45) is 5.73 Å². The molecule has 2 rings (SSSR count). The molecule has 0 spiro atoms. The third-order valence-electron chi connectivity index (χ3n) is 2.97. The van der Waals surface area contributed by atoms with E-state index in [1.165, 1.54) is 12.1 Å². The summed E-state index contributed by atoms with van der Waals surface area (Å²) >= 11 is 11.1. The molecule has 2 N–H and O–H groups in total. The molecule has 2 aromatic rings. The number of hydrogen-bond donors (Lipinski definition) is 1. The Balaban J connectivity index is 2.53. The Morgan fingerprint density at radius 3 is 2.45 bits per heavy atom. The largest absolute Gasteiger partial charge is 0.389 e. The Hall–Kier alpha value is -1.65. The molecule has 2 nitrogen and oxygen atoms in total. The zero-order valence-electron chi connectivity index (χ0n) is 10.9. The zero-order valence-corrected chi connectivity index (χ0v) is 12.5. The van der Waals surface area contributed by atoms with Crippen LogP contribution in [0.4, 0.5) is 15.8 Å². The van der Waals surface area contributed by atoms with Crippen molar-refractivity contribution in [3.63, 3.8) is 0 Å². The normalized spacial score (nSPS) is 10.3. The first-order chi connectivity index (χ1) is 9.52. The maximum absolute atomic E-state index is 13.0. The Labute approximate surface area is 128 Å². The molecule has 0 saturated heterocycles. The maximum atomic E-state index is 13.0. The monoisotopic (exact) mass is 308 g/mol. The van der Waals surface area contributed by atoms with Gasteiger partial charge < -0.3 is 10.6 Å². The van der Waals surface area contributed by atoms with Gasteiger partial charge in [0, 0.05) is 22.8 Å². The van der Waals surface area contributed by atoms with E-state index in [9.17, 15) is 4.39 Å². The number of hydrogen-bond acceptors (Lipinski definition) is 2. The molecule has 0 amide bonds. The van der Waals surface area contributed by atoms with Crippen LogP contribution in [0.25, 0.3) is 0 Å². The second kappa shape index (κ2) is 6.20. The smallest absolute Gasteiger partial charge is 0.123 e. The quantitative estimate of drug-likeness (QED) is 0.855. The van der Waals surface area contributed by atoms with E-state index in [2.05, 4.69) is 0 Å². The standard InChI is InChI=1S/C15H14ClFN2S/c1-2-19(12-6-4-11(17)5-7-12)14-9-10(16)3-8-13(14)15(18)20/h3-9H,2H2,1H3,(H2,18,20). The number of benzene rings is 2. The van der Waals surface area contributed by atoms with E-state index in [0.717, 1.165) is 16.9 Å². The van der Waals surface area contributed by atoms with Gasteiger partial charge >= 0.3 is 0 Å². The molecule has 0 aliphatic heterocycles. The van der Waals surface area contributed by atoms with E-state index in [-0.39, 0.29) is 5.82 Å². The molecule has 0 saturated carbocycles. The van der Waals surface area contributed by atoms with Gasteiger partial charge in [-0.25, -0.2) is 4.39 Å². The SMILES string of the molecule is CCN(c1ccc(F)cc1)c1cc(Cl)ccc1C(N)=S. The summed E-state index contributed by atoms with van der Waals surface area (Å²) in [5.74, 6) is -0.273. The maximum Gasteiger partial charge on any atom is 0.123 e. The Morgan fingerprint density at radius 1 is 1.25 bits per heavy atom. The van der Waals surface area contributed by atoms with Gasteiger partial charge in [-0.2, -0.15) is 0 Å². The summed E-state index contributed by atoms with van der Waals surface area (Å²) in [5.41, 5.74) is 8.18. The van der Waals surface area contributed by atoms with Crippen LogP contribution in [-0.2, 0) is 0 Å². The van der Waals surface area contributed by atoms with E-state index in [1.54, 1.807) is 24.3 Å². The fraction of sp³-hybridized carbons (Fsp3) is 0.133. The van der Waals surface area contributed by atoms with Crippen molar-refractivity contribution in [3.8, 4) is 0 Å². The predicted molar refractivity (Wildman–Crippen MR) is 86.4 cm³/mol. The molecule has 0 aliphatic carbocycles. The van der Waals surface area contributed by atoms with Crippen LogP contribution in [0.1, 0.15) is 12.5 Å². The molecule has 2 aromatic carbocycles. The highest BCUT2D eigenvalue weighted by Crippen LogP contribution is 2.31. The number of anilines is 2. The lowest BCUT2D eigenvalue weighted by molar-refractivity contribution is 0.628. The molecule has 0 atom stereocenters. The number of halogens is 2. The van der Waals surface area contributed by atoms with Gasteiger partial charge in [0.2, 0.25) is 0 Å². The molecular formula is C15H14ClFN2S. The Bertz CT molecular complexity index is 628. The summed E-state index contributed by atoms with van der Waals surface area (Å²) in [6, 6.07) is 11.6. The van der Waals surface area contributed by atoms with Crippen LogP contribution in [-0.4, -0.2) is 11.5 Å². The van der Waals surface area contributed by atoms with Crippen molar-refractivity contribution in [2.75, 3.05) is 11.4 Å². The van der Waals surface area contributed by atoms with E-state index in [4.69, 9.17) is 29.6 Å². The van der Waals surface area contributed by atoms with Crippen LogP contribution in [0.15, 0.2) is 42.5 Å². The van der Waals surface area contributed by atoms with Gasteiger partial charge in [0.25, 0.3) is 0 Å². The molecule has 0 heterocycles. The molecular weight excluding hydrogens is 295 g/mol. The summed E-state index contributed by atoms with van der Waals surface area (Å²) in [6.45, 7) is 2.68. The highest BCUT2D eigenvalue weighted by Gasteiger charge is 2.14. The second-order valence-electron chi connectivity index (χ2n) is 4.25. The van der Waals surface area contributed by atoms with Crippen molar-refractivity contribution in [1.82, 2.24) is 0 Å². The molecule has 0 aromatic heterocycles. The topological polar surface area (TPSA) is 29.3 Å². The summed E-state index contributed by atoms with van der Waals surface area (Å²) < 4.78 is 13.0. The molecule has 0 radical (unpaired) electrons. The van der Waals surface area contributed by atoms with Gasteiger partial charge in [0.1, 0.15) is 10.8 Å². The number of thiocarbonyl (C=S) groups is 1. The number of rotatable bonds is 4. The third-order valence-corrected chi connectivity index (χ3v) is 3.43. The first-order valence-electron chi connectivity index (χ1n) is 6.15. The van der Waals surface area contributed by atoms with E-state index in [1.807, 2.05) is 17.9 Å². The van der Waals surface area contributed by atoms with Crippen molar-refractivity contribution in [3.05, 3.63) is 58.9 Å². The van der Waals surface area contributed by atoms with Crippen molar-refractivity contribution in [1.29, 1.82) is 0 Å². The lowest BCUT2D eigenvalue weighted by Gasteiger charge is -2.26. The predicted octanol–water partition coefficient (Wildman–Crippen LogP) is 4.27. The number of nitrogens with zero attached hydrogens (tertiary/aromatic N) is 1. The van der Waals surface area contributed by atoms with Crippen LogP contribution >= 0.6 is 23.8 Å². The van der Waals surface area contributed by atoms with Crippen molar-refractivity contribution < 1.29 is 4.39 Å². The zero-order chi connectivity index (χ0) is 14.7. The van der Waals surface area contributed by atoms with Crippen molar-refractivity contribution >= 4 is 40.2 Å². The van der Waals surface area contributed by atoms with E-state index < -0.39 is 0 Å². The van der Waals surface area contributed by atoms with Gasteiger partial charge in [-0.05, 0) is 49.4 Å². The summed E-state index contributed by atoms with van der Waals surface area (Å²) in [4.78, 5) is 2.29. The molecule has 0 fully saturated rings. The van der Waals surface area contributed by atoms with E-state index >= 15 is 0 Å². The Morgan fingerprint density at radius 2 is 1.90 bits per heavy atom. The van der Waals surface area contributed by atoms with Gasteiger partial charge in [0.05, 0.1) is 5.69 Å². The van der Waals surface area contributed by atoms with Gasteiger partial charge in [-0.1, -0.05) is 23.8 Å². The van der Waals surface area contributed by atoms with Crippen molar-refractivity contribution in [2.45, 2.75) is 6.92 Å². The molecule has 104 valence electrons. The minimum Gasteiger partial charge on any atom is -0.389 e. The average Bonchev–Trinajstić information content (AvgIpc) is 2.41. The molecule has 0 unspecified atom stereocenters. The first-order valence-corrected chi connectivity index (χ1v) is 6.94. The fourth-order valence-electron chi connectivity index (χ4n) is 2.05. The minimum absolute atomic E-state index is 0.273. The molecule has 20 heavy (non-hydrogen) atoms.